The van der Waals surface area contributed by atoms with Crippen LogP contribution in [0, 0.1) is 11.5 Å². The fourth-order valence-electron chi connectivity index (χ4n) is 0.0471. The molecule has 0 radical (unpaired) electrons. The van der Waals surface area contributed by atoms with Crippen LogP contribution in [0.2, 0.25) is 0 Å². The Morgan fingerprint density at radius 3 is 2.83 bits per heavy atom. The first kappa shape index (κ1) is 5.73. The molecule has 0 atom stereocenters. The number of nitriles is 1. The molecule has 32 valence electrons. The number of thiol groups is 1. The molecule has 0 bridgehead atoms. The molecule has 6 heavy (non-hydrogen) atoms. The average molecular weight is 118 g/mol. The molecular weight excluding hydrogens is 116 g/mol. The molecular formula is C2H2N2S2. The van der Waals surface area contributed by atoms with E-state index in [0.717, 1.165) is 11.1 Å². The molecule has 0 spiro atoms. The van der Waals surface area contributed by atoms with Crippen molar-refractivity contribution < 1.29 is 0 Å². The van der Waals surface area contributed by atoms with Gasteiger partial charge in [0.2, 0.25) is 6.19 Å². The molecule has 0 aromatic rings. The van der Waals surface area contributed by atoms with Crippen LogP contribution in [0.15, 0.2) is 4.36 Å². The summed E-state index contributed by atoms with van der Waals surface area (Å²) in [5.41, 5.74) is 0. The minimum absolute atomic E-state index is 1.01. The molecule has 0 aliphatic rings. The summed E-state index contributed by atoms with van der Waals surface area (Å²) in [5.74, 6) is 0. The molecule has 0 aromatic carbocycles. The Labute approximate surface area is 44.9 Å². The van der Waals surface area contributed by atoms with Crippen LogP contribution < -0.4 is 0 Å². The van der Waals surface area contributed by atoms with Gasteiger partial charge in [0, 0.05) is 4.70 Å². The highest BCUT2D eigenvalue weighted by atomic mass is 32.2. The van der Waals surface area contributed by atoms with Gasteiger partial charge in [-0.05, 0) is 11.1 Å². The summed E-state index contributed by atoms with van der Waals surface area (Å²) >= 11 is 4.66. The molecule has 0 aliphatic carbocycles. The van der Waals surface area contributed by atoms with Gasteiger partial charge in [0.25, 0.3) is 0 Å². The second kappa shape index (κ2) is 4.73. The Bertz CT molecular complexity index is 116. The van der Waals surface area contributed by atoms with Gasteiger partial charge in [0.15, 0.2) is 0 Å². The van der Waals surface area contributed by atoms with E-state index in [9.17, 15) is 0 Å². The number of nitrogens with zero attached hydrogens (tertiary/aromatic N) is 2. The van der Waals surface area contributed by atoms with Gasteiger partial charge in [-0.1, -0.05) is 0 Å². The van der Waals surface area contributed by atoms with Crippen molar-refractivity contribution >= 4 is 28.5 Å². The first-order valence-corrected chi connectivity index (χ1v) is 2.48. The van der Waals surface area contributed by atoms with E-state index in [4.69, 9.17) is 5.26 Å². The zero-order valence-electron chi connectivity index (χ0n) is 2.83. The van der Waals surface area contributed by atoms with Crippen molar-refractivity contribution in [1.29, 1.82) is 5.26 Å². The standard InChI is InChI=1S/C2H2N2S2/c3-1-4-6-2-5/h2,5H. The van der Waals surface area contributed by atoms with E-state index in [-0.39, 0.29) is 0 Å². The summed E-state index contributed by atoms with van der Waals surface area (Å²) in [6, 6.07) is 0. The van der Waals surface area contributed by atoms with Crippen LogP contribution >= 0.6 is 12.6 Å². The van der Waals surface area contributed by atoms with E-state index in [1.165, 1.54) is 4.70 Å². The van der Waals surface area contributed by atoms with Crippen molar-refractivity contribution in [2.24, 2.45) is 4.36 Å². The van der Waals surface area contributed by atoms with Crippen LogP contribution in [-0.4, -0.2) is 4.70 Å². The van der Waals surface area contributed by atoms with Gasteiger partial charge in [-0.3, -0.25) is 0 Å². The molecule has 0 rings (SSSR count). The topological polar surface area (TPSA) is 36.1 Å². The maximum atomic E-state index is 7.71. The first-order chi connectivity index (χ1) is 2.91. The SMILES string of the molecule is N#CN=S=CS. The lowest BCUT2D eigenvalue weighted by Gasteiger charge is -1.46. The van der Waals surface area contributed by atoms with Gasteiger partial charge < -0.3 is 0 Å². The Hall–Kier alpha value is -0.270. The van der Waals surface area contributed by atoms with E-state index in [1.807, 2.05) is 0 Å². The lowest BCUT2D eigenvalue weighted by atomic mass is 11.5. The van der Waals surface area contributed by atoms with Gasteiger partial charge in [-0.15, -0.1) is 17.0 Å². The lowest BCUT2D eigenvalue weighted by Crippen LogP contribution is -1.42. The Kier molecular flexibility index (Phi) is 4.52. The molecule has 0 N–H and O–H groups in total. The largest absolute Gasteiger partial charge is 0.217 e. The van der Waals surface area contributed by atoms with Crippen molar-refractivity contribution in [3.05, 3.63) is 0 Å². The van der Waals surface area contributed by atoms with Crippen LogP contribution in [0.1, 0.15) is 0 Å². The lowest BCUT2D eigenvalue weighted by molar-refractivity contribution is 1.47. The van der Waals surface area contributed by atoms with E-state index in [1.54, 1.807) is 6.19 Å². The molecule has 0 aliphatic heterocycles. The van der Waals surface area contributed by atoms with Crippen molar-refractivity contribution in [3.63, 3.8) is 0 Å². The highest BCUT2D eigenvalue weighted by Gasteiger charge is 1.45. The van der Waals surface area contributed by atoms with Crippen LogP contribution in [-0.2, 0) is 11.1 Å². The summed E-state index contributed by atoms with van der Waals surface area (Å²) in [7, 11) is 0. The van der Waals surface area contributed by atoms with Crippen LogP contribution in [0.5, 0.6) is 0 Å². The Balaban J connectivity index is 3.56. The molecule has 2 nitrogen and oxygen atoms in total. The van der Waals surface area contributed by atoms with Gasteiger partial charge in [-0.25, -0.2) is 0 Å². The molecule has 0 unspecified atom stereocenters. The molecule has 0 saturated carbocycles. The highest BCUT2D eigenvalue weighted by molar-refractivity contribution is 8.05. The number of hydrogen-bond donors (Lipinski definition) is 1. The smallest absolute Gasteiger partial charge is 0.170 e. The minimum atomic E-state index is 1.01. The highest BCUT2D eigenvalue weighted by Crippen LogP contribution is 1.54. The zero-order chi connectivity index (χ0) is 4.83. The molecule has 0 amide bonds. The van der Waals surface area contributed by atoms with Crippen LogP contribution in [0.4, 0.5) is 0 Å². The van der Waals surface area contributed by atoms with E-state index in [2.05, 4.69) is 17.0 Å². The predicted octanol–water partition coefficient (Wildman–Crippen LogP) is 0.423. The Morgan fingerprint density at radius 1 is 2.00 bits per heavy atom. The normalized spacial score (nSPS) is 5.33. The summed E-state index contributed by atoms with van der Waals surface area (Å²) in [6.07, 6.45) is 1.58. The maximum absolute atomic E-state index is 7.71. The third-order valence-corrected chi connectivity index (χ3v) is 0.705. The average Bonchev–Trinajstić information content (AvgIpc) is 1.61. The third-order valence-electron chi connectivity index (χ3n) is 0.141. The van der Waals surface area contributed by atoms with E-state index in [0.29, 0.717) is 0 Å². The maximum Gasteiger partial charge on any atom is 0.217 e. The molecule has 0 heterocycles. The van der Waals surface area contributed by atoms with Gasteiger partial charge in [-0.2, -0.15) is 5.26 Å². The monoisotopic (exact) mass is 118 g/mol. The molecule has 0 saturated heterocycles. The fourth-order valence-corrected chi connectivity index (χ4v) is 0.283. The van der Waals surface area contributed by atoms with Crippen molar-refractivity contribution in [2.75, 3.05) is 0 Å². The van der Waals surface area contributed by atoms with Gasteiger partial charge >= 0.3 is 0 Å². The molecule has 0 aromatic heterocycles. The second-order valence-corrected chi connectivity index (χ2v) is 1.64. The molecule has 4 heteroatoms. The van der Waals surface area contributed by atoms with Crippen molar-refractivity contribution in [3.8, 4) is 6.19 Å². The second-order valence-electron chi connectivity index (χ2n) is 0.402. The van der Waals surface area contributed by atoms with Crippen molar-refractivity contribution in [2.45, 2.75) is 0 Å². The molecule has 0 fully saturated rings. The summed E-state index contributed by atoms with van der Waals surface area (Å²) < 4.78 is 4.61. The van der Waals surface area contributed by atoms with E-state index < -0.39 is 0 Å². The summed E-state index contributed by atoms with van der Waals surface area (Å²) in [5, 5.41) is 7.71. The quantitative estimate of drug-likeness (QED) is 0.279. The predicted molar refractivity (Wildman–Crippen MR) is 30.5 cm³/mol. The number of hydrogen-bond acceptors (Lipinski definition) is 2. The first-order valence-electron chi connectivity index (χ1n) is 1.12. The number of rotatable bonds is 0. The van der Waals surface area contributed by atoms with Crippen LogP contribution in [0.3, 0.4) is 0 Å². The van der Waals surface area contributed by atoms with Gasteiger partial charge in [0.05, 0.1) is 0 Å². The Morgan fingerprint density at radius 2 is 2.67 bits per heavy atom. The fraction of sp³-hybridized carbons (Fsp3) is 0. The summed E-state index contributed by atoms with van der Waals surface area (Å²) in [4.78, 5) is 0. The zero-order valence-corrected chi connectivity index (χ0v) is 4.54. The van der Waals surface area contributed by atoms with Gasteiger partial charge in [0.1, 0.15) is 0 Å². The van der Waals surface area contributed by atoms with E-state index >= 15 is 0 Å². The minimum Gasteiger partial charge on any atom is -0.170 e. The van der Waals surface area contributed by atoms with Crippen LogP contribution in [0.25, 0.3) is 0 Å². The summed E-state index contributed by atoms with van der Waals surface area (Å²) in [6.45, 7) is 0. The van der Waals surface area contributed by atoms with Crippen molar-refractivity contribution in [1.82, 2.24) is 0 Å². The third kappa shape index (κ3) is 3.73.